The number of nitrogens with one attached hydrogen (secondary N) is 1. The molecule has 1 rings (SSSR count). The molecule has 1 heterocycles. The number of aromatic nitrogens is 2. The Labute approximate surface area is 98.8 Å². The van der Waals surface area contributed by atoms with Crippen LogP contribution < -0.4 is 5.32 Å². The molecule has 1 atom stereocenters. The van der Waals surface area contributed by atoms with Gasteiger partial charge in [-0.25, -0.2) is 0 Å². The SMILES string of the molecule is CC(CCNc1nc(C(F)(F)F)ns1)C(=O)O. The van der Waals surface area contributed by atoms with E-state index >= 15 is 0 Å². The fourth-order valence-electron chi connectivity index (χ4n) is 0.930. The number of rotatable bonds is 5. The van der Waals surface area contributed by atoms with E-state index in [2.05, 4.69) is 14.7 Å². The maximum atomic E-state index is 12.1. The summed E-state index contributed by atoms with van der Waals surface area (Å²) in [5, 5.41) is 11.2. The van der Waals surface area contributed by atoms with Gasteiger partial charge in [0.15, 0.2) is 0 Å². The van der Waals surface area contributed by atoms with Crippen molar-refractivity contribution in [3.8, 4) is 0 Å². The standard InChI is InChI=1S/C8H10F3N3O2S/c1-4(5(15)16)2-3-12-7-13-6(14-17-7)8(9,10)11/h4H,2-3H2,1H3,(H,15,16)(H,12,13,14). The second-order valence-electron chi connectivity index (χ2n) is 3.38. The quantitative estimate of drug-likeness (QED) is 0.856. The molecule has 9 heteroatoms. The molecular formula is C8H10F3N3O2S. The van der Waals surface area contributed by atoms with Crippen LogP contribution in [0, 0.1) is 5.92 Å². The molecule has 0 aliphatic heterocycles. The second kappa shape index (κ2) is 5.30. The van der Waals surface area contributed by atoms with E-state index in [1.807, 2.05) is 0 Å². The highest BCUT2D eigenvalue weighted by atomic mass is 32.1. The summed E-state index contributed by atoms with van der Waals surface area (Å²) in [7, 11) is 0. The lowest BCUT2D eigenvalue weighted by Crippen LogP contribution is -2.14. The molecule has 0 aromatic carbocycles. The van der Waals surface area contributed by atoms with Crippen molar-refractivity contribution < 1.29 is 23.1 Å². The molecule has 0 amide bonds. The summed E-state index contributed by atoms with van der Waals surface area (Å²) in [4.78, 5) is 13.7. The Bertz CT molecular complexity index is 394. The molecule has 2 N–H and O–H groups in total. The van der Waals surface area contributed by atoms with Gasteiger partial charge in [-0.3, -0.25) is 4.79 Å². The molecule has 1 aromatic rings. The number of alkyl halides is 3. The maximum absolute atomic E-state index is 12.1. The summed E-state index contributed by atoms with van der Waals surface area (Å²) in [5.74, 6) is -2.69. The molecule has 0 spiro atoms. The number of carboxylic acid groups (broad SMARTS) is 1. The number of carbonyl (C=O) groups is 1. The van der Waals surface area contributed by atoms with E-state index in [9.17, 15) is 18.0 Å². The first kappa shape index (κ1) is 13.7. The van der Waals surface area contributed by atoms with E-state index in [1.54, 1.807) is 0 Å². The Hall–Kier alpha value is -1.38. The van der Waals surface area contributed by atoms with Gasteiger partial charge in [0.05, 0.1) is 5.92 Å². The molecule has 1 aromatic heterocycles. The molecular weight excluding hydrogens is 259 g/mol. The molecule has 96 valence electrons. The van der Waals surface area contributed by atoms with E-state index in [0.717, 1.165) is 0 Å². The minimum atomic E-state index is -4.55. The zero-order chi connectivity index (χ0) is 13.1. The minimum absolute atomic E-state index is 0.0370. The lowest BCUT2D eigenvalue weighted by atomic mass is 10.1. The van der Waals surface area contributed by atoms with Crippen molar-refractivity contribution in [3.63, 3.8) is 0 Å². The minimum Gasteiger partial charge on any atom is -0.481 e. The monoisotopic (exact) mass is 269 g/mol. The van der Waals surface area contributed by atoms with Crippen molar-refractivity contribution in [2.75, 3.05) is 11.9 Å². The Balaban J connectivity index is 2.43. The molecule has 0 saturated carbocycles. The highest BCUT2D eigenvalue weighted by molar-refractivity contribution is 7.09. The van der Waals surface area contributed by atoms with Gasteiger partial charge < -0.3 is 10.4 Å². The van der Waals surface area contributed by atoms with Crippen LogP contribution >= 0.6 is 11.5 Å². The normalized spacial score (nSPS) is 13.4. The van der Waals surface area contributed by atoms with Gasteiger partial charge in [-0.1, -0.05) is 6.92 Å². The summed E-state index contributed by atoms with van der Waals surface area (Å²) >= 11 is 0.597. The van der Waals surface area contributed by atoms with Gasteiger partial charge in [0, 0.05) is 18.1 Å². The predicted octanol–water partition coefficient (Wildman–Crippen LogP) is 2.08. The summed E-state index contributed by atoms with van der Waals surface area (Å²) in [6.07, 6.45) is -4.25. The molecule has 0 bridgehead atoms. The first-order valence-electron chi connectivity index (χ1n) is 4.68. The average Bonchev–Trinajstić information content (AvgIpc) is 2.65. The van der Waals surface area contributed by atoms with Crippen LogP contribution in [0.2, 0.25) is 0 Å². The van der Waals surface area contributed by atoms with Crippen molar-refractivity contribution in [1.29, 1.82) is 0 Å². The van der Waals surface area contributed by atoms with Crippen LogP contribution in [0.25, 0.3) is 0 Å². The van der Waals surface area contributed by atoms with Gasteiger partial charge in [0.1, 0.15) is 0 Å². The first-order valence-corrected chi connectivity index (χ1v) is 5.45. The fraction of sp³-hybridized carbons (Fsp3) is 0.625. The van der Waals surface area contributed by atoms with Crippen molar-refractivity contribution in [2.45, 2.75) is 19.5 Å². The summed E-state index contributed by atoms with van der Waals surface area (Å²) < 4.78 is 39.5. The molecule has 0 aliphatic carbocycles. The third kappa shape index (κ3) is 4.17. The topological polar surface area (TPSA) is 75.1 Å². The van der Waals surface area contributed by atoms with Crippen LogP contribution in [0.3, 0.4) is 0 Å². The summed E-state index contributed by atoms with van der Waals surface area (Å²) in [5.41, 5.74) is 0. The molecule has 1 unspecified atom stereocenters. The average molecular weight is 269 g/mol. The van der Waals surface area contributed by atoms with Gasteiger partial charge >= 0.3 is 12.1 Å². The zero-order valence-corrected chi connectivity index (χ0v) is 9.60. The number of anilines is 1. The van der Waals surface area contributed by atoms with E-state index in [1.165, 1.54) is 6.92 Å². The summed E-state index contributed by atoms with van der Waals surface area (Å²) in [6.45, 7) is 1.76. The largest absolute Gasteiger partial charge is 0.481 e. The first-order chi connectivity index (χ1) is 7.80. The number of carboxylic acids is 1. The molecule has 0 aliphatic rings. The Morgan fingerprint density at radius 1 is 1.59 bits per heavy atom. The molecule has 5 nitrogen and oxygen atoms in total. The van der Waals surface area contributed by atoms with E-state index in [-0.39, 0.29) is 11.7 Å². The Morgan fingerprint density at radius 2 is 2.24 bits per heavy atom. The maximum Gasteiger partial charge on any atom is 0.452 e. The molecule has 17 heavy (non-hydrogen) atoms. The lowest BCUT2D eigenvalue weighted by Gasteiger charge is -2.05. The van der Waals surface area contributed by atoms with Crippen molar-refractivity contribution in [3.05, 3.63) is 5.82 Å². The highest BCUT2D eigenvalue weighted by Crippen LogP contribution is 2.28. The van der Waals surface area contributed by atoms with Crippen LogP contribution in [0.5, 0.6) is 0 Å². The van der Waals surface area contributed by atoms with Crippen LogP contribution in [-0.2, 0) is 11.0 Å². The van der Waals surface area contributed by atoms with E-state index in [0.29, 0.717) is 18.0 Å². The number of nitrogens with zero attached hydrogens (tertiary/aromatic N) is 2. The van der Waals surface area contributed by atoms with Gasteiger partial charge in [-0.2, -0.15) is 22.5 Å². The van der Waals surface area contributed by atoms with Crippen molar-refractivity contribution in [1.82, 2.24) is 9.36 Å². The molecule has 0 fully saturated rings. The van der Waals surface area contributed by atoms with E-state index < -0.39 is 23.9 Å². The number of halogens is 3. The van der Waals surface area contributed by atoms with Gasteiger partial charge in [-0.15, -0.1) is 0 Å². The van der Waals surface area contributed by atoms with Gasteiger partial charge in [0.25, 0.3) is 0 Å². The highest BCUT2D eigenvalue weighted by Gasteiger charge is 2.36. The van der Waals surface area contributed by atoms with Crippen molar-refractivity contribution >= 4 is 22.6 Å². The zero-order valence-electron chi connectivity index (χ0n) is 8.78. The van der Waals surface area contributed by atoms with Crippen LogP contribution in [0.4, 0.5) is 18.3 Å². The molecule has 0 saturated heterocycles. The number of aliphatic carboxylic acids is 1. The lowest BCUT2D eigenvalue weighted by molar-refractivity contribution is -0.144. The summed E-state index contributed by atoms with van der Waals surface area (Å²) in [6, 6.07) is 0. The van der Waals surface area contributed by atoms with Gasteiger partial charge in [0.2, 0.25) is 11.0 Å². The van der Waals surface area contributed by atoms with Crippen LogP contribution in [0.1, 0.15) is 19.2 Å². The van der Waals surface area contributed by atoms with Gasteiger partial charge in [-0.05, 0) is 6.42 Å². The number of hydrogen-bond donors (Lipinski definition) is 2. The third-order valence-corrected chi connectivity index (χ3v) is 2.63. The Kier molecular flexibility index (Phi) is 4.27. The predicted molar refractivity (Wildman–Crippen MR) is 54.8 cm³/mol. The van der Waals surface area contributed by atoms with Crippen molar-refractivity contribution in [2.24, 2.45) is 5.92 Å². The number of hydrogen-bond acceptors (Lipinski definition) is 5. The smallest absolute Gasteiger partial charge is 0.452 e. The fourth-order valence-corrected chi connectivity index (χ4v) is 1.54. The second-order valence-corrected chi connectivity index (χ2v) is 4.13. The van der Waals surface area contributed by atoms with E-state index in [4.69, 9.17) is 5.11 Å². The third-order valence-electron chi connectivity index (χ3n) is 1.95. The Morgan fingerprint density at radius 3 is 2.71 bits per heavy atom. The van der Waals surface area contributed by atoms with Crippen LogP contribution in [0.15, 0.2) is 0 Å². The van der Waals surface area contributed by atoms with Crippen LogP contribution in [-0.4, -0.2) is 27.0 Å². The molecule has 0 radical (unpaired) electrons.